The summed E-state index contributed by atoms with van der Waals surface area (Å²) in [6, 6.07) is 7.52. The first-order valence-corrected chi connectivity index (χ1v) is 9.28. The van der Waals surface area contributed by atoms with E-state index in [9.17, 15) is 9.18 Å². The van der Waals surface area contributed by atoms with E-state index in [0.29, 0.717) is 36.9 Å². The number of methoxy groups -OCH3 is 1. The summed E-state index contributed by atoms with van der Waals surface area (Å²) >= 11 is 0. The third-order valence-corrected chi connectivity index (χ3v) is 5.01. The molecule has 0 bridgehead atoms. The van der Waals surface area contributed by atoms with Crippen molar-refractivity contribution >= 4 is 5.91 Å². The summed E-state index contributed by atoms with van der Waals surface area (Å²) < 4.78 is 18.8. The highest BCUT2D eigenvalue weighted by atomic mass is 19.1. The van der Waals surface area contributed by atoms with E-state index in [0.717, 1.165) is 32.7 Å². The molecule has 1 aliphatic heterocycles. The lowest BCUT2D eigenvalue weighted by Crippen LogP contribution is -2.58. The van der Waals surface area contributed by atoms with E-state index in [1.807, 2.05) is 11.0 Å². The van der Waals surface area contributed by atoms with E-state index in [4.69, 9.17) is 4.74 Å². The number of ether oxygens (including phenoxy) is 1. The van der Waals surface area contributed by atoms with Gasteiger partial charge in [0.25, 0.3) is 0 Å². The van der Waals surface area contributed by atoms with E-state index < -0.39 is 0 Å². The molecule has 0 spiro atoms. The number of carbonyl (C=O) groups excluding carboxylic acids is 1. The highest BCUT2D eigenvalue weighted by molar-refractivity contribution is 5.76. The second-order valence-electron chi connectivity index (χ2n) is 7.03. The number of benzene rings is 1. The van der Waals surface area contributed by atoms with Crippen LogP contribution in [0.15, 0.2) is 24.3 Å². The maximum atomic E-state index is 13.6. The van der Waals surface area contributed by atoms with E-state index >= 15 is 0 Å². The Balaban J connectivity index is 1.78. The van der Waals surface area contributed by atoms with E-state index in [1.165, 1.54) is 6.07 Å². The van der Waals surface area contributed by atoms with Crippen molar-refractivity contribution in [3.05, 3.63) is 35.6 Å². The second kappa shape index (κ2) is 9.88. The largest absolute Gasteiger partial charge is 0.385 e. The summed E-state index contributed by atoms with van der Waals surface area (Å²) in [5.74, 6) is 0.00782. The van der Waals surface area contributed by atoms with Crippen molar-refractivity contribution in [1.29, 1.82) is 0 Å². The molecule has 5 heteroatoms. The van der Waals surface area contributed by atoms with Gasteiger partial charge in [-0.05, 0) is 44.7 Å². The fourth-order valence-electron chi connectivity index (χ4n) is 3.68. The van der Waals surface area contributed by atoms with Crippen LogP contribution in [0.3, 0.4) is 0 Å². The molecule has 2 atom stereocenters. The number of rotatable bonds is 8. The van der Waals surface area contributed by atoms with Gasteiger partial charge in [0.05, 0.1) is 0 Å². The van der Waals surface area contributed by atoms with Crippen LogP contribution >= 0.6 is 0 Å². The molecule has 0 N–H and O–H groups in total. The van der Waals surface area contributed by atoms with Gasteiger partial charge >= 0.3 is 0 Å². The Bertz CT molecular complexity index is 540. The zero-order chi connectivity index (χ0) is 18.2. The van der Waals surface area contributed by atoms with Crippen LogP contribution in [0.4, 0.5) is 4.39 Å². The maximum absolute atomic E-state index is 13.6. The molecule has 0 saturated carbocycles. The van der Waals surface area contributed by atoms with Crippen LogP contribution < -0.4 is 0 Å². The monoisotopic (exact) mass is 350 g/mol. The van der Waals surface area contributed by atoms with Gasteiger partial charge in [0.1, 0.15) is 5.82 Å². The smallest absolute Gasteiger partial charge is 0.222 e. The molecular weight excluding hydrogens is 319 g/mol. The summed E-state index contributed by atoms with van der Waals surface area (Å²) in [4.78, 5) is 17.0. The highest BCUT2D eigenvalue weighted by Crippen LogP contribution is 2.18. The van der Waals surface area contributed by atoms with Crippen LogP contribution in [0.25, 0.3) is 0 Å². The van der Waals surface area contributed by atoms with Gasteiger partial charge < -0.3 is 9.64 Å². The van der Waals surface area contributed by atoms with Crippen molar-refractivity contribution in [3.63, 3.8) is 0 Å². The van der Waals surface area contributed by atoms with Crippen molar-refractivity contribution in [2.24, 2.45) is 0 Å². The number of halogens is 1. The predicted octanol–water partition coefficient (Wildman–Crippen LogP) is 3.11. The first-order chi connectivity index (χ1) is 12.0. The number of nitrogens with zero attached hydrogens (tertiary/aromatic N) is 2. The average Bonchev–Trinajstić information content (AvgIpc) is 2.58. The van der Waals surface area contributed by atoms with E-state index in [2.05, 4.69) is 18.7 Å². The number of aryl methyl sites for hydroxylation is 1. The fourth-order valence-corrected chi connectivity index (χ4v) is 3.68. The van der Waals surface area contributed by atoms with Crippen molar-refractivity contribution in [1.82, 2.24) is 9.80 Å². The molecule has 4 nitrogen and oxygen atoms in total. The zero-order valence-corrected chi connectivity index (χ0v) is 15.7. The van der Waals surface area contributed by atoms with Gasteiger partial charge in [-0.15, -0.1) is 0 Å². The Morgan fingerprint density at radius 1 is 1.20 bits per heavy atom. The van der Waals surface area contributed by atoms with Gasteiger partial charge in [-0.3, -0.25) is 9.69 Å². The van der Waals surface area contributed by atoms with Crippen LogP contribution in [0.2, 0.25) is 0 Å². The average molecular weight is 350 g/mol. The number of hydrogen-bond donors (Lipinski definition) is 0. The Morgan fingerprint density at radius 3 is 2.52 bits per heavy atom. The first-order valence-electron chi connectivity index (χ1n) is 9.28. The summed E-state index contributed by atoms with van der Waals surface area (Å²) in [7, 11) is 1.73. The molecule has 1 aromatic carbocycles. The predicted molar refractivity (Wildman–Crippen MR) is 98.0 cm³/mol. The molecule has 1 fully saturated rings. The van der Waals surface area contributed by atoms with Crippen molar-refractivity contribution in [2.45, 2.75) is 51.6 Å². The minimum Gasteiger partial charge on any atom is -0.385 e. The molecule has 140 valence electrons. The third-order valence-electron chi connectivity index (χ3n) is 5.01. The van der Waals surface area contributed by atoms with Crippen LogP contribution in [0, 0.1) is 5.82 Å². The Hall–Kier alpha value is -1.46. The Labute approximate surface area is 150 Å². The maximum Gasteiger partial charge on any atom is 0.222 e. The van der Waals surface area contributed by atoms with Gasteiger partial charge in [-0.2, -0.15) is 0 Å². The quantitative estimate of drug-likeness (QED) is 0.676. The molecule has 1 heterocycles. The molecule has 25 heavy (non-hydrogen) atoms. The number of hydrogen-bond acceptors (Lipinski definition) is 3. The summed E-state index contributed by atoms with van der Waals surface area (Å²) in [6.07, 6.45) is 2.80. The van der Waals surface area contributed by atoms with E-state index in [-0.39, 0.29) is 11.7 Å². The fraction of sp³-hybridized carbons (Fsp3) is 0.650. The normalized spacial score (nSPS) is 21.5. The van der Waals surface area contributed by atoms with Crippen LogP contribution in [0.5, 0.6) is 0 Å². The molecule has 1 aromatic rings. The minimum atomic E-state index is -0.179. The lowest BCUT2D eigenvalue weighted by Gasteiger charge is -2.44. The molecule has 1 saturated heterocycles. The van der Waals surface area contributed by atoms with Gasteiger partial charge in [0, 0.05) is 51.9 Å². The second-order valence-corrected chi connectivity index (χ2v) is 7.03. The lowest BCUT2D eigenvalue weighted by molar-refractivity contribution is -0.135. The number of piperazine rings is 1. The first kappa shape index (κ1) is 19.9. The SMILES string of the molecule is COCCCN1C(C)CN(C(=O)CCCc2ccccc2F)CC1C. The van der Waals surface area contributed by atoms with Gasteiger partial charge in [-0.25, -0.2) is 4.39 Å². The molecule has 0 aromatic heterocycles. The molecular formula is C20H31FN2O2. The van der Waals surface area contributed by atoms with Crippen molar-refractivity contribution in [2.75, 3.05) is 33.4 Å². The van der Waals surface area contributed by atoms with Gasteiger partial charge in [0.2, 0.25) is 5.91 Å². The Kier molecular flexibility index (Phi) is 7.85. The lowest BCUT2D eigenvalue weighted by atomic mass is 10.0. The topological polar surface area (TPSA) is 32.8 Å². The van der Waals surface area contributed by atoms with Crippen LogP contribution in [-0.4, -0.2) is 61.1 Å². The minimum absolute atomic E-state index is 0.179. The molecule has 1 amide bonds. The molecule has 2 unspecified atom stereocenters. The van der Waals surface area contributed by atoms with Crippen LogP contribution in [-0.2, 0) is 16.0 Å². The number of amides is 1. The molecule has 0 aliphatic carbocycles. The van der Waals surface area contributed by atoms with Gasteiger partial charge in [0.15, 0.2) is 0 Å². The highest BCUT2D eigenvalue weighted by Gasteiger charge is 2.30. The molecule has 0 radical (unpaired) electrons. The Morgan fingerprint density at radius 2 is 1.88 bits per heavy atom. The van der Waals surface area contributed by atoms with Crippen molar-refractivity contribution < 1.29 is 13.9 Å². The summed E-state index contributed by atoms with van der Waals surface area (Å²) in [6.45, 7) is 7.69. The third kappa shape index (κ3) is 5.79. The summed E-state index contributed by atoms with van der Waals surface area (Å²) in [5.41, 5.74) is 0.694. The molecule has 1 aliphatic rings. The van der Waals surface area contributed by atoms with E-state index in [1.54, 1.807) is 19.2 Å². The number of carbonyl (C=O) groups is 1. The summed E-state index contributed by atoms with van der Waals surface area (Å²) in [5, 5.41) is 0. The van der Waals surface area contributed by atoms with Crippen LogP contribution in [0.1, 0.15) is 38.7 Å². The molecule has 2 rings (SSSR count). The zero-order valence-electron chi connectivity index (χ0n) is 15.7. The standard InChI is InChI=1S/C20H31FN2O2/c1-16-14-22(15-17(2)23(16)12-7-13-25-3)20(24)11-6-9-18-8-4-5-10-19(18)21/h4-5,8,10,16-17H,6-7,9,11-15H2,1-3H3. The van der Waals surface area contributed by atoms with Gasteiger partial charge in [-0.1, -0.05) is 18.2 Å². The van der Waals surface area contributed by atoms with Crippen molar-refractivity contribution in [3.8, 4) is 0 Å².